The minimum Gasteiger partial charge on any atom is -0.450 e. The van der Waals surface area contributed by atoms with Crippen LogP contribution in [-0.2, 0) is 22.3 Å². The number of nitro benzene ring substituents is 1. The summed E-state index contributed by atoms with van der Waals surface area (Å²) in [5.41, 5.74) is 2.29. The van der Waals surface area contributed by atoms with Crippen molar-refractivity contribution in [3.63, 3.8) is 0 Å². The Morgan fingerprint density at radius 2 is 1.38 bits per heavy atom. The van der Waals surface area contributed by atoms with Gasteiger partial charge in [-0.05, 0) is 59.1 Å². The van der Waals surface area contributed by atoms with E-state index >= 15 is 0 Å². The van der Waals surface area contributed by atoms with Crippen LogP contribution in [0.3, 0.4) is 0 Å². The zero-order chi connectivity index (χ0) is 33.9. The quantitative estimate of drug-likeness (QED) is 0.196. The number of halogens is 3. The van der Waals surface area contributed by atoms with E-state index in [9.17, 15) is 32.9 Å². The number of carbonyl (C=O) groups is 2. The van der Waals surface area contributed by atoms with Gasteiger partial charge in [0.1, 0.15) is 5.75 Å². The average Bonchev–Trinajstić information content (AvgIpc) is 2.97. The van der Waals surface area contributed by atoms with E-state index in [0.29, 0.717) is 55.0 Å². The lowest BCUT2D eigenvalue weighted by Crippen LogP contribution is -2.44. The van der Waals surface area contributed by atoms with E-state index in [1.807, 2.05) is 30.3 Å². The van der Waals surface area contributed by atoms with Gasteiger partial charge in [0.25, 0.3) is 0 Å². The Morgan fingerprint density at radius 1 is 0.830 bits per heavy atom. The van der Waals surface area contributed by atoms with Crippen LogP contribution in [0.4, 0.5) is 18.9 Å². The smallest absolute Gasteiger partial charge is 0.416 e. The molecule has 244 valence electrons. The normalized spacial score (nSPS) is 19.4. The monoisotopic (exact) mass is 644 g/mol. The minimum absolute atomic E-state index is 0.01000. The number of benzene rings is 3. The van der Waals surface area contributed by atoms with Gasteiger partial charge < -0.3 is 9.64 Å². The van der Waals surface area contributed by atoms with Gasteiger partial charge in [-0.3, -0.25) is 19.7 Å². The topological polar surface area (TPSA) is 89.8 Å². The number of alkyl halides is 3. The molecule has 7 nitrogen and oxygen atoms in total. The van der Waals surface area contributed by atoms with E-state index in [1.54, 1.807) is 24.3 Å². The largest absolute Gasteiger partial charge is 0.450 e. The van der Waals surface area contributed by atoms with Crippen LogP contribution in [0.15, 0.2) is 95.3 Å². The summed E-state index contributed by atoms with van der Waals surface area (Å²) in [4.78, 5) is 41.0. The zero-order valence-electron chi connectivity index (χ0n) is 26.6. The maximum atomic E-state index is 14.1. The van der Waals surface area contributed by atoms with Crippen molar-refractivity contribution >= 4 is 17.3 Å². The molecule has 0 fully saturated rings. The van der Waals surface area contributed by atoms with Crippen molar-refractivity contribution in [1.29, 1.82) is 0 Å². The fourth-order valence-electron chi connectivity index (χ4n) is 7.12. The number of ketones is 2. The highest BCUT2D eigenvalue weighted by atomic mass is 19.4. The molecule has 10 heteroatoms. The summed E-state index contributed by atoms with van der Waals surface area (Å²) in [6.07, 6.45) is -2.77. The Labute approximate surface area is 270 Å². The van der Waals surface area contributed by atoms with E-state index in [0.717, 1.165) is 29.1 Å². The number of hydrogen-bond acceptors (Lipinski definition) is 6. The van der Waals surface area contributed by atoms with E-state index in [4.69, 9.17) is 4.74 Å². The summed E-state index contributed by atoms with van der Waals surface area (Å²) in [6, 6.07) is 18.6. The van der Waals surface area contributed by atoms with E-state index in [1.165, 1.54) is 0 Å². The molecule has 0 amide bonds. The maximum Gasteiger partial charge on any atom is 0.416 e. The standard InChI is InChI=1S/C37H35F3N2O5/c1-35(2)17-27-33(29(43)19-35)32(34-28(18-36(3,4)20-30(34)44)41(27)21-22-8-6-5-7-9-22)23-10-13-25(14-11-23)47-31-15-12-24(37(38,39)40)16-26(31)42(45)46/h5-16,32H,17-21H2,1-4H3. The third-order valence-electron chi connectivity index (χ3n) is 9.13. The number of allylic oxidation sites excluding steroid dienone is 4. The number of hydrogen-bond donors (Lipinski definition) is 0. The Kier molecular flexibility index (Phi) is 7.89. The molecule has 0 unspecified atom stereocenters. The van der Waals surface area contributed by atoms with Gasteiger partial charge in [-0.2, -0.15) is 13.2 Å². The summed E-state index contributed by atoms with van der Waals surface area (Å²) in [7, 11) is 0. The number of ether oxygens (including phenoxy) is 1. The van der Waals surface area contributed by atoms with Crippen LogP contribution in [0.25, 0.3) is 0 Å². The predicted molar refractivity (Wildman–Crippen MR) is 169 cm³/mol. The van der Waals surface area contributed by atoms with Crippen molar-refractivity contribution in [2.24, 2.45) is 10.8 Å². The second kappa shape index (κ2) is 11.5. The van der Waals surface area contributed by atoms with Gasteiger partial charge in [-0.1, -0.05) is 70.2 Å². The van der Waals surface area contributed by atoms with Crippen LogP contribution >= 0.6 is 0 Å². The summed E-state index contributed by atoms with van der Waals surface area (Å²) >= 11 is 0. The van der Waals surface area contributed by atoms with Crippen molar-refractivity contribution in [1.82, 2.24) is 4.90 Å². The lowest BCUT2D eigenvalue weighted by Gasteiger charge is -2.49. The highest BCUT2D eigenvalue weighted by Gasteiger charge is 2.49. The van der Waals surface area contributed by atoms with E-state index < -0.39 is 28.3 Å². The molecule has 0 aromatic heterocycles. The molecular formula is C37H35F3N2O5. The number of nitrogens with zero attached hydrogens (tertiary/aromatic N) is 2. The molecule has 0 radical (unpaired) electrons. The zero-order valence-corrected chi connectivity index (χ0v) is 26.6. The van der Waals surface area contributed by atoms with E-state index in [2.05, 4.69) is 32.6 Å². The second-order valence-corrected chi connectivity index (χ2v) is 14.2. The van der Waals surface area contributed by atoms with Crippen LogP contribution in [-0.4, -0.2) is 21.4 Å². The van der Waals surface area contributed by atoms with Gasteiger partial charge in [0.15, 0.2) is 11.6 Å². The van der Waals surface area contributed by atoms with Crippen molar-refractivity contribution in [3.05, 3.63) is 122 Å². The summed E-state index contributed by atoms with van der Waals surface area (Å²) in [6.45, 7) is 8.85. The first-order valence-corrected chi connectivity index (χ1v) is 15.5. The second-order valence-electron chi connectivity index (χ2n) is 14.2. The molecule has 0 bridgehead atoms. The number of nitro groups is 1. The molecule has 47 heavy (non-hydrogen) atoms. The van der Waals surface area contributed by atoms with Gasteiger partial charge in [0.2, 0.25) is 5.75 Å². The minimum atomic E-state index is -4.75. The van der Waals surface area contributed by atoms with Gasteiger partial charge in [-0.25, -0.2) is 0 Å². The fourth-order valence-corrected chi connectivity index (χ4v) is 7.12. The SMILES string of the molecule is CC1(C)CC(=O)C2=C(C1)N(Cc1ccccc1)C1=C(C(=O)CC(C)(C)C1)C2c1ccc(Oc2ccc(C(F)(F)F)cc2[N+](=O)[O-])cc1. The first-order valence-electron chi connectivity index (χ1n) is 15.5. The first kappa shape index (κ1) is 32.2. The lowest BCUT2D eigenvalue weighted by molar-refractivity contribution is -0.385. The molecule has 3 aromatic carbocycles. The highest BCUT2D eigenvalue weighted by Crippen LogP contribution is 2.55. The maximum absolute atomic E-state index is 14.1. The summed E-state index contributed by atoms with van der Waals surface area (Å²) in [5, 5.41) is 11.6. The van der Waals surface area contributed by atoms with Crippen LogP contribution in [0, 0.1) is 20.9 Å². The molecule has 6 rings (SSSR count). The molecule has 0 saturated carbocycles. The van der Waals surface area contributed by atoms with Crippen molar-refractivity contribution in [2.45, 2.75) is 72.0 Å². The molecule has 0 saturated heterocycles. The molecule has 1 aliphatic heterocycles. The van der Waals surface area contributed by atoms with Crippen LogP contribution < -0.4 is 4.74 Å². The van der Waals surface area contributed by atoms with Gasteiger partial charge in [0.05, 0.1) is 10.5 Å². The number of rotatable bonds is 6. The molecule has 0 spiro atoms. The van der Waals surface area contributed by atoms with Gasteiger partial charge in [0, 0.05) is 53.9 Å². The molecule has 0 N–H and O–H groups in total. The van der Waals surface area contributed by atoms with Crippen LogP contribution in [0.5, 0.6) is 11.5 Å². The number of Topliss-reactive ketones (excluding diaryl/α,β-unsaturated/α-hetero) is 2. The summed E-state index contributed by atoms with van der Waals surface area (Å²) < 4.78 is 45.3. The fraction of sp³-hybridized carbons (Fsp3) is 0.351. The Balaban J connectivity index is 1.44. The average molecular weight is 645 g/mol. The third kappa shape index (κ3) is 6.33. The Hall–Kier alpha value is -4.73. The third-order valence-corrected chi connectivity index (χ3v) is 9.13. The van der Waals surface area contributed by atoms with Crippen LogP contribution in [0.1, 0.15) is 76.0 Å². The van der Waals surface area contributed by atoms with Crippen molar-refractivity contribution < 1.29 is 32.4 Å². The lowest BCUT2D eigenvalue weighted by atomic mass is 9.63. The van der Waals surface area contributed by atoms with Gasteiger partial charge in [-0.15, -0.1) is 0 Å². The van der Waals surface area contributed by atoms with Crippen molar-refractivity contribution in [2.75, 3.05) is 0 Å². The Morgan fingerprint density at radius 3 is 1.89 bits per heavy atom. The molecule has 3 aliphatic rings. The molecule has 0 atom stereocenters. The first-order chi connectivity index (χ1) is 22.0. The Bertz CT molecular complexity index is 1790. The van der Waals surface area contributed by atoms with E-state index in [-0.39, 0.29) is 33.9 Å². The number of carbonyl (C=O) groups excluding carboxylic acids is 2. The predicted octanol–water partition coefficient (Wildman–Crippen LogP) is 9.29. The molecule has 3 aromatic rings. The van der Waals surface area contributed by atoms with Crippen molar-refractivity contribution in [3.8, 4) is 11.5 Å². The molecule has 1 heterocycles. The highest BCUT2D eigenvalue weighted by molar-refractivity contribution is 6.06. The summed E-state index contributed by atoms with van der Waals surface area (Å²) in [5.74, 6) is -0.801. The van der Waals surface area contributed by atoms with Gasteiger partial charge >= 0.3 is 11.9 Å². The molecule has 2 aliphatic carbocycles. The van der Waals surface area contributed by atoms with Crippen LogP contribution in [0.2, 0.25) is 0 Å². The molecular weight excluding hydrogens is 609 g/mol.